The van der Waals surface area contributed by atoms with Crippen molar-refractivity contribution in [3.05, 3.63) is 48.0 Å². The van der Waals surface area contributed by atoms with Crippen LogP contribution in [-0.2, 0) is 6.42 Å². The van der Waals surface area contributed by atoms with E-state index in [0.717, 1.165) is 29.3 Å². The predicted octanol–water partition coefficient (Wildman–Crippen LogP) is 8.00. The third kappa shape index (κ3) is 5.27. The van der Waals surface area contributed by atoms with Gasteiger partial charge < -0.3 is 10.1 Å². The molecule has 1 N–H and O–H groups in total. The fourth-order valence-corrected chi connectivity index (χ4v) is 3.73. The van der Waals surface area contributed by atoms with E-state index in [4.69, 9.17) is 4.74 Å². The molecular formula is C24H33NO. The summed E-state index contributed by atoms with van der Waals surface area (Å²) in [6.07, 6.45) is 14.9. The molecule has 2 nitrogen and oxygen atoms in total. The van der Waals surface area contributed by atoms with E-state index in [1.54, 1.807) is 0 Å². The van der Waals surface area contributed by atoms with E-state index in [1.165, 1.54) is 69.8 Å². The minimum absolute atomic E-state index is 0.913. The predicted molar refractivity (Wildman–Crippen MR) is 112 cm³/mol. The van der Waals surface area contributed by atoms with Gasteiger partial charge in [-0.15, -0.1) is 0 Å². The zero-order chi connectivity index (χ0) is 18.0. The summed E-state index contributed by atoms with van der Waals surface area (Å²) in [6, 6.07) is 14.6. The summed E-state index contributed by atoms with van der Waals surface area (Å²) in [4.78, 5) is 0. The van der Waals surface area contributed by atoms with Crippen LogP contribution in [0.25, 0.3) is 0 Å². The Morgan fingerprint density at radius 1 is 0.692 bits per heavy atom. The van der Waals surface area contributed by atoms with Crippen LogP contribution in [0.15, 0.2) is 42.5 Å². The van der Waals surface area contributed by atoms with E-state index in [9.17, 15) is 0 Å². The Hall–Kier alpha value is -1.96. The minimum atomic E-state index is 0.913. The topological polar surface area (TPSA) is 21.3 Å². The normalized spacial score (nSPS) is 12.0. The van der Waals surface area contributed by atoms with Crippen LogP contribution in [0.5, 0.6) is 11.5 Å². The molecule has 140 valence electrons. The average Bonchev–Trinajstić information content (AvgIpc) is 2.68. The molecule has 0 aliphatic carbocycles. The summed E-state index contributed by atoms with van der Waals surface area (Å²) in [5.74, 6) is 1.87. The van der Waals surface area contributed by atoms with Gasteiger partial charge in [-0.05, 0) is 36.6 Å². The summed E-state index contributed by atoms with van der Waals surface area (Å²) in [5, 5.41) is 3.57. The lowest BCUT2D eigenvalue weighted by Crippen LogP contribution is -2.05. The number of hydrogen-bond acceptors (Lipinski definition) is 2. The lowest BCUT2D eigenvalue weighted by atomic mass is 10.0. The number of aryl methyl sites for hydroxylation is 1. The summed E-state index contributed by atoms with van der Waals surface area (Å²) in [6.45, 7) is 2.28. The highest BCUT2D eigenvalue weighted by Gasteiger charge is 2.18. The first-order valence-electron chi connectivity index (χ1n) is 10.5. The fraction of sp³-hybridized carbons (Fsp3) is 0.500. The van der Waals surface area contributed by atoms with Crippen molar-refractivity contribution < 1.29 is 4.74 Å². The van der Waals surface area contributed by atoms with Gasteiger partial charge in [0.05, 0.1) is 11.4 Å². The minimum Gasteiger partial charge on any atom is -0.453 e. The lowest BCUT2D eigenvalue weighted by Gasteiger charge is -2.24. The van der Waals surface area contributed by atoms with Gasteiger partial charge >= 0.3 is 0 Å². The van der Waals surface area contributed by atoms with E-state index >= 15 is 0 Å². The summed E-state index contributed by atoms with van der Waals surface area (Å²) < 4.78 is 6.06. The van der Waals surface area contributed by atoms with Crippen LogP contribution in [0, 0.1) is 0 Å². The second kappa shape index (κ2) is 10.3. The molecule has 0 spiro atoms. The molecule has 0 bridgehead atoms. The molecule has 0 radical (unpaired) electrons. The number of anilines is 2. The number of unbranched alkanes of at least 4 members (excludes halogenated alkanes) is 9. The Morgan fingerprint density at radius 2 is 1.35 bits per heavy atom. The van der Waals surface area contributed by atoms with Crippen molar-refractivity contribution in [1.82, 2.24) is 0 Å². The zero-order valence-corrected chi connectivity index (χ0v) is 16.2. The van der Waals surface area contributed by atoms with E-state index in [1.807, 2.05) is 18.2 Å². The van der Waals surface area contributed by atoms with Gasteiger partial charge in [0, 0.05) is 0 Å². The molecule has 0 saturated heterocycles. The number of ether oxygens (including phenoxy) is 1. The number of nitrogens with one attached hydrogen (secondary N) is 1. The van der Waals surface area contributed by atoms with Gasteiger partial charge in [-0.2, -0.15) is 0 Å². The molecule has 0 aromatic heterocycles. The van der Waals surface area contributed by atoms with E-state index < -0.39 is 0 Å². The van der Waals surface area contributed by atoms with Gasteiger partial charge in [0.15, 0.2) is 11.5 Å². The van der Waals surface area contributed by atoms with Crippen molar-refractivity contribution >= 4 is 11.4 Å². The summed E-state index contributed by atoms with van der Waals surface area (Å²) >= 11 is 0. The van der Waals surface area contributed by atoms with Crippen molar-refractivity contribution in [2.24, 2.45) is 0 Å². The SMILES string of the molecule is CCCCCCCCCCCCc1cccc2c1Nc1ccccc1O2. The molecule has 0 fully saturated rings. The quantitative estimate of drug-likeness (QED) is 0.353. The maximum Gasteiger partial charge on any atom is 0.151 e. The molecule has 1 aliphatic rings. The van der Waals surface area contributed by atoms with Crippen LogP contribution in [-0.4, -0.2) is 0 Å². The second-order valence-electron chi connectivity index (χ2n) is 7.45. The largest absolute Gasteiger partial charge is 0.453 e. The van der Waals surface area contributed by atoms with Gasteiger partial charge in [0.25, 0.3) is 0 Å². The molecule has 0 amide bonds. The number of para-hydroxylation sites is 3. The van der Waals surface area contributed by atoms with Gasteiger partial charge in [-0.3, -0.25) is 0 Å². The van der Waals surface area contributed by atoms with Crippen molar-refractivity contribution in [3.63, 3.8) is 0 Å². The number of benzene rings is 2. The van der Waals surface area contributed by atoms with E-state index in [2.05, 4.69) is 36.5 Å². The summed E-state index contributed by atoms with van der Waals surface area (Å²) in [5.41, 5.74) is 3.59. The lowest BCUT2D eigenvalue weighted by molar-refractivity contribution is 0.480. The monoisotopic (exact) mass is 351 g/mol. The summed E-state index contributed by atoms with van der Waals surface area (Å²) in [7, 11) is 0. The van der Waals surface area contributed by atoms with Crippen LogP contribution < -0.4 is 10.1 Å². The van der Waals surface area contributed by atoms with Crippen molar-refractivity contribution in [3.8, 4) is 11.5 Å². The van der Waals surface area contributed by atoms with Crippen LogP contribution in [0.1, 0.15) is 76.7 Å². The van der Waals surface area contributed by atoms with Crippen LogP contribution in [0.4, 0.5) is 11.4 Å². The highest BCUT2D eigenvalue weighted by Crippen LogP contribution is 2.43. The van der Waals surface area contributed by atoms with E-state index in [-0.39, 0.29) is 0 Å². The Morgan fingerprint density at radius 3 is 2.12 bits per heavy atom. The molecule has 0 atom stereocenters. The zero-order valence-electron chi connectivity index (χ0n) is 16.2. The third-order valence-electron chi connectivity index (χ3n) is 5.28. The van der Waals surface area contributed by atoms with Gasteiger partial charge in [0.2, 0.25) is 0 Å². The molecule has 0 unspecified atom stereocenters. The van der Waals surface area contributed by atoms with Crippen molar-refractivity contribution in [2.75, 3.05) is 5.32 Å². The molecule has 1 aliphatic heterocycles. The van der Waals surface area contributed by atoms with E-state index in [0.29, 0.717) is 0 Å². The first-order chi connectivity index (χ1) is 12.9. The highest BCUT2D eigenvalue weighted by molar-refractivity contribution is 5.77. The maximum atomic E-state index is 6.06. The van der Waals surface area contributed by atoms with Gasteiger partial charge in [0.1, 0.15) is 0 Å². The Bertz CT molecular complexity index is 680. The number of hydrogen-bond donors (Lipinski definition) is 1. The van der Waals surface area contributed by atoms with Crippen LogP contribution in [0.2, 0.25) is 0 Å². The standard InChI is InChI=1S/C24H33NO/c1-2-3-4-5-6-7-8-9-10-11-15-20-16-14-19-23-24(20)25-21-17-12-13-18-22(21)26-23/h12-14,16-19,25H,2-11,15H2,1H3. The van der Waals surface area contributed by atoms with Crippen LogP contribution >= 0.6 is 0 Å². The third-order valence-corrected chi connectivity index (χ3v) is 5.28. The van der Waals surface area contributed by atoms with Gasteiger partial charge in [-0.25, -0.2) is 0 Å². The smallest absolute Gasteiger partial charge is 0.151 e. The molecule has 2 aromatic rings. The highest BCUT2D eigenvalue weighted by atomic mass is 16.5. The van der Waals surface area contributed by atoms with Crippen molar-refractivity contribution in [2.45, 2.75) is 77.6 Å². The maximum absolute atomic E-state index is 6.06. The second-order valence-corrected chi connectivity index (χ2v) is 7.45. The first kappa shape index (κ1) is 18.8. The Labute approximate surface area is 159 Å². The average molecular weight is 352 g/mol. The Kier molecular flexibility index (Phi) is 7.42. The Balaban J connectivity index is 1.39. The molecule has 0 saturated carbocycles. The van der Waals surface area contributed by atoms with Gasteiger partial charge in [-0.1, -0.05) is 89.0 Å². The number of rotatable bonds is 11. The van der Waals surface area contributed by atoms with Crippen LogP contribution in [0.3, 0.4) is 0 Å². The van der Waals surface area contributed by atoms with Crippen molar-refractivity contribution in [1.29, 1.82) is 0 Å². The molecule has 3 rings (SSSR count). The molecule has 2 heteroatoms. The molecule has 1 heterocycles. The molecule has 26 heavy (non-hydrogen) atoms. The molecular weight excluding hydrogens is 318 g/mol. The first-order valence-corrected chi connectivity index (χ1v) is 10.5. The number of fused-ring (bicyclic) bond motifs is 2. The fourth-order valence-electron chi connectivity index (χ4n) is 3.73. The molecule has 2 aromatic carbocycles.